The summed E-state index contributed by atoms with van der Waals surface area (Å²) in [6.45, 7) is 5.80. The highest BCUT2D eigenvalue weighted by molar-refractivity contribution is 6.30. The fourth-order valence-corrected chi connectivity index (χ4v) is 5.31. The summed E-state index contributed by atoms with van der Waals surface area (Å²) >= 11 is 6.03. The third kappa shape index (κ3) is 6.38. The van der Waals surface area contributed by atoms with E-state index in [0.717, 1.165) is 31.4 Å². The van der Waals surface area contributed by atoms with Crippen LogP contribution in [0.15, 0.2) is 48.5 Å². The van der Waals surface area contributed by atoms with Gasteiger partial charge in [-0.25, -0.2) is 4.79 Å². The predicted molar refractivity (Wildman–Crippen MR) is 142 cm³/mol. The van der Waals surface area contributed by atoms with Crippen LogP contribution in [0.25, 0.3) is 0 Å². The largest absolute Gasteiger partial charge is 0.340 e. The van der Waals surface area contributed by atoms with Crippen LogP contribution in [0.4, 0.5) is 10.5 Å². The highest BCUT2D eigenvalue weighted by Crippen LogP contribution is 2.26. The van der Waals surface area contributed by atoms with E-state index >= 15 is 0 Å². The van der Waals surface area contributed by atoms with E-state index in [1.165, 1.54) is 0 Å². The first-order valence-corrected chi connectivity index (χ1v) is 13.2. The van der Waals surface area contributed by atoms with Gasteiger partial charge in [-0.3, -0.25) is 9.59 Å². The van der Waals surface area contributed by atoms with E-state index in [2.05, 4.69) is 17.6 Å². The molecule has 2 N–H and O–H groups in total. The van der Waals surface area contributed by atoms with Gasteiger partial charge in [0, 0.05) is 41.9 Å². The summed E-state index contributed by atoms with van der Waals surface area (Å²) in [6, 6.07) is 13.8. The van der Waals surface area contributed by atoms with Crippen molar-refractivity contribution in [3.8, 4) is 0 Å². The van der Waals surface area contributed by atoms with Crippen molar-refractivity contribution >= 4 is 35.1 Å². The van der Waals surface area contributed by atoms with Crippen molar-refractivity contribution in [2.75, 3.05) is 25.0 Å². The number of anilines is 1. The molecule has 2 aromatic rings. The maximum atomic E-state index is 13.7. The quantitative estimate of drug-likeness (QED) is 0.587. The van der Waals surface area contributed by atoms with E-state index in [9.17, 15) is 14.4 Å². The summed E-state index contributed by atoms with van der Waals surface area (Å²) in [4.78, 5) is 43.3. The molecule has 4 rings (SSSR count). The van der Waals surface area contributed by atoms with Crippen LogP contribution >= 0.6 is 11.6 Å². The number of hydrogen-bond donors (Lipinski definition) is 2. The van der Waals surface area contributed by atoms with Crippen LogP contribution in [0.5, 0.6) is 0 Å². The van der Waals surface area contributed by atoms with Gasteiger partial charge in [-0.15, -0.1) is 0 Å². The number of urea groups is 1. The van der Waals surface area contributed by atoms with Crippen molar-refractivity contribution in [3.63, 3.8) is 0 Å². The Morgan fingerprint density at radius 1 is 0.972 bits per heavy atom. The Balaban J connectivity index is 1.44. The number of likely N-dealkylation sites (tertiary alicyclic amines) is 2. The van der Waals surface area contributed by atoms with Crippen LogP contribution in [0.1, 0.15) is 54.9 Å². The summed E-state index contributed by atoms with van der Waals surface area (Å²) in [5.41, 5.74) is 2.26. The van der Waals surface area contributed by atoms with Crippen molar-refractivity contribution in [2.45, 2.75) is 58.0 Å². The third-order valence-electron chi connectivity index (χ3n) is 7.33. The molecule has 0 saturated carbocycles. The predicted octanol–water partition coefficient (Wildman–Crippen LogP) is 5.09. The molecule has 2 heterocycles. The van der Waals surface area contributed by atoms with Crippen LogP contribution < -0.4 is 10.6 Å². The smallest absolute Gasteiger partial charge is 0.321 e. The minimum atomic E-state index is -0.613. The van der Waals surface area contributed by atoms with Gasteiger partial charge in [0.1, 0.15) is 6.04 Å². The fourth-order valence-electron chi connectivity index (χ4n) is 5.12. The van der Waals surface area contributed by atoms with Gasteiger partial charge in [-0.05, 0) is 82.2 Å². The van der Waals surface area contributed by atoms with E-state index in [-0.39, 0.29) is 29.8 Å². The minimum absolute atomic E-state index is 0.00973. The maximum Gasteiger partial charge on any atom is 0.321 e. The van der Waals surface area contributed by atoms with Crippen molar-refractivity contribution in [1.82, 2.24) is 15.1 Å². The first kappa shape index (κ1) is 26.0. The van der Waals surface area contributed by atoms with Crippen molar-refractivity contribution in [1.29, 1.82) is 0 Å². The maximum absolute atomic E-state index is 13.7. The van der Waals surface area contributed by atoms with Gasteiger partial charge < -0.3 is 20.4 Å². The highest BCUT2D eigenvalue weighted by atomic mass is 35.5. The molecule has 2 atom stereocenters. The van der Waals surface area contributed by atoms with E-state index in [1.54, 1.807) is 41.3 Å². The number of nitrogens with zero attached hydrogens (tertiary/aromatic N) is 2. The standard InChI is InChI=1S/C28H35ClN4O3/c1-19-9-11-22(12-10-19)26(34)31-25(27(35)33-15-4-3-6-20(33)2)21-13-16-32(17-14-21)28(36)30-24-8-5-7-23(29)18-24/h5,7-12,18,20-21,25H,3-4,6,13-17H2,1-2H3,(H,30,36)(H,31,34)/t20-,25-/m0/s1. The van der Waals surface area contributed by atoms with Gasteiger partial charge in [0.25, 0.3) is 5.91 Å². The second-order valence-corrected chi connectivity index (χ2v) is 10.4. The second-order valence-electron chi connectivity index (χ2n) is 9.96. The molecule has 192 valence electrons. The molecule has 2 fully saturated rings. The highest BCUT2D eigenvalue weighted by Gasteiger charge is 2.38. The van der Waals surface area contributed by atoms with Gasteiger partial charge in [-0.2, -0.15) is 0 Å². The number of carbonyl (C=O) groups excluding carboxylic acids is 3. The zero-order chi connectivity index (χ0) is 25.7. The summed E-state index contributed by atoms with van der Waals surface area (Å²) in [6.07, 6.45) is 4.35. The third-order valence-corrected chi connectivity index (χ3v) is 7.56. The van der Waals surface area contributed by atoms with Crippen molar-refractivity contribution in [2.24, 2.45) is 5.92 Å². The van der Waals surface area contributed by atoms with E-state index in [4.69, 9.17) is 11.6 Å². The lowest BCUT2D eigenvalue weighted by atomic mass is 9.87. The van der Waals surface area contributed by atoms with Crippen LogP contribution in [-0.4, -0.2) is 59.4 Å². The SMILES string of the molecule is Cc1ccc(C(=O)N[C@H](C(=O)N2CCCC[C@@H]2C)C2CCN(C(=O)Nc3cccc(Cl)c3)CC2)cc1. The molecule has 36 heavy (non-hydrogen) atoms. The Morgan fingerprint density at radius 2 is 1.69 bits per heavy atom. The summed E-state index contributed by atoms with van der Waals surface area (Å²) < 4.78 is 0. The number of carbonyl (C=O) groups is 3. The van der Waals surface area contributed by atoms with E-state index in [1.807, 2.05) is 24.0 Å². The first-order chi connectivity index (χ1) is 17.3. The molecule has 2 aliphatic rings. The molecule has 0 aliphatic carbocycles. The number of rotatable bonds is 5. The number of benzene rings is 2. The molecule has 0 bridgehead atoms. The Labute approximate surface area is 218 Å². The molecule has 7 nitrogen and oxygen atoms in total. The zero-order valence-corrected chi connectivity index (χ0v) is 21.8. The fraction of sp³-hybridized carbons (Fsp3) is 0.464. The molecule has 2 aromatic carbocycles. The van der Waals surface area contributed by atoms with Crippen LogP contribution in [0.2, 0.25) is 5.02 Å². The number of nitrogens with one attached hydrogen (secondary N) is 2. The molecule has 2 saturated heterocycles. The molecule has 0 spiro atoms. The normalized spacial score (nSPS) is 19.5. The van der Waals surface area contributed by atoms with Crippen LogP contribution in [0.3, 0.4) is 0 Å². The first-order valence-electron chi connectivity index (χ1n) is 12.8. The Morgan fingerprint density at radius 3 is 2.36 bits per heavy atom. The average molecular weight is 511 g/mol. The number of piperidine rings is 2. The summed E-state index contributed by atoms with van der Waals surface area (Å²) in [7, 11) is 0. The van der Waals surface area contributed by atoms with Gasteiger partial charge >= 0.3 is 6.03 Å². The topological polar surface area (TPSA) is 81.8 Å². The van der Waals surface area contributed by atoms with Crippen molar-refractivity contribution in [3.05, 3.63) is 64.7 Å². The van der Waals surface area contributed by atoms with Gasteiger partial charge in [0.2, 0.25) is 5.91 Å². The lowest BCUT2D eigenvalue weighted by Crippen LogP contribution is -2.57. The van der Waals surface area contributed by atoms with Crippen LogP contribution in [0, 0.1) is 12.8 Å². The Hall–Kier alpha value is -3.06. The zero-order valence-electron chi connectivity index (χ0n) is 21.0. The Bertz CT molecular complexity index is 1080. The van der Waals surface area contributed by atoms with Gasteiger partial charge in [0.05, 0.1) is 0 Å². The van der Waals surface area contributed by atoms with Crippen LogP contribution in [-0.2, 0) is 4.79 Å². The monoisotopic (exact) mass is 510 g/mol. The molecular weight excluding hydrogens is 476 g/mol. The summed E-state index contributed by atoms with van der Waals surface area (Å²) in [5, 5.41) is 6.52. The number of amides is 4. The summed E-state index contributed by atoms with van der Waals surface area (Å²) in [5.74, 6) is -0.292. The second kappa shape index (κ2) is 11.8. The minimum Gasteiger partial charge on any atom is -0.340 e. The Kier molecular flexibility index (Phi) is 8.52. The molecule has 2 aliphatic heterocycles. The molecule has 0 radical (unpaired) electrons. The molecule has 8 heteroatoms. The number of halogens is 1. The molecular formula is C28H35ClN4O3. The molecule has 0 aromatic heterocycles. The van der Waals surface area contributed by atoms with Crippen molar-refractivity contribution < 1.29 is 14.4 Å². The van der Waals surface area contributed by atoms with E-state index < -0.39 is 6.04 Å². The molecule has 4 amide bonds. The van der Waals surface area contributed by atoms with Gasteiger partial charge in [-0.1, -0.05) is 35.4 Å². The lowest BCUT2D eigenvalue weighted by Gasteiger charge is -2.40. The van der Waals surface area contributed by atoms with Gasteiger partial charge in [0.15, 0.2) is 0 Å². The number of aryl methyl sites for hydroxylation is 1. The lowest BCUT2D eigenvalue weighted by molar-refractivity contribution is -0.138. The average Bonchev–Trinajstić information content (AvgIpc) is 2.87. The molecule has 0 unspecified atom stereocenters. The van der Waals surface area contributed by atoms with E-state index in [0.29, 0.717) is 42.2 Å². The number of hydrogen-bond acceptors (Lipinski definition) is 3.